The van der Waals surface area contributed by atoms with Gasteiger partial charge in [-0.25, -0.2) is 9.78 Å². The van der Waals surface area contributed by atoms with Crippen molar-refractivity contribution in [2.75, 3.05) is 51.3 Å². The molecule has 2 amide bonds. The summed E-state index contributed by atoms with van der Waals surface area (Å²) in [6.07, 6.45) is 3.98. The molecule has 1 aromatic carbocycles. The molecular formula is C20H28N6O2. The molecule has 150 valence electrons. The first-order valence-electron chi connectivity index (χ1n) is 9.99. The molecule has 2 aromatic rings. The molecule has 0 atom stereocenters. The van der Waals surface area contributed by atoms with Crippen LogP contribution in [0.5, 0.6) is 0 Å². The fourth-order valence-corrected chi connectivity index (χ4v) is 3.84. The topological polar surface area (TPSA) is 75.5 Å². The van der Waals surface area contributed by atoms with Gasteiger partial charge in [0.1, 0.15) is 6.33 Å². The molecule has 1 N–H and O–H groups in total. The second kappa shape index (κ2) is 8.70. The number of ether oxygens (including phenoxy) is 1. The lowest BCUT2D eigenvalue weighted by Gasteiger charge is -2.37. The van der Waals surface area contributed by atoms with Crippen molar-refractivity contribution in [3.05, 3.63) is 30.6 Å². The number of anilines is 1. The second-order valence-corrected chi connectivity index (χ2v) is 7.60. The van der Waals surface area contributed by atoms with Crippen LogP contribution in [0.3, 0.4) is 0 Å². The first-order valence-corrected chi connectivity index (χ1v) is 9.99. The molecule has 2 aliphatic heterocycles. The number of aromatic nitrogens is 3. The minimum Gasteiger partial charge on any atom is -0.381 e. The smallest absolute Gasteiger partial charge is 0.321 e. The minimum absolute atomic E-state index is 0.0446. The molecule has 0 saturated carbocycles. The number of hydrogen-bond acceptors (Lipinski definition) is 5. The molecule has 28 heavy (non-hydrogen) atoms. The maximum atomic E-state index is 12.7. The van der Waals surface area contributed by atoms with E-state index in [9.17, 15) is 4.79 Å². The van der Waals surface area contributed by atoms with Crippen molar-refractivity contribution >= 4 is 11.7 Å². The Balaban J connectivity index is 1.29. The van der Waals surface area contributed by atoms with Crippen molar-refractivity contribution in [3.63, 3.8) is 0 Å². The first kappa shape index (κ1) is 18.9. The van der Waals surface area contributed by atoms with Crippen LogP contribution in [0.2, 0.25) is 0 Å². The Hall–Kier alpha value is -2.45. The van der Waals surface area contributed by atoms with Gasteiger partial charge in [0, 0.05) is 64.2 Å². The Morgan fingerprint density at radius 3 is 2.71 bits per heavy atom. The number of carbonyl (C=O) groups excluding carboxylic acids is 1. The molecular weight excluding hydrogens is 356 g/mol. The van der Waals surface area contributed by atoms with E-state index in [1.54, 1.807) is 11.0 Å². The minimum atomic E-state index is -0.0446. The van der Waals surface area contributed by atoms with Crippen LogP contribution in [0.15, 0.2) is 30.6 Å². The summed E-state index contributed by atoms with van der Waals surface area (Å²) < 4.78 is 7.11. The third-order valence-electron chi connectivity index (χ3n) is 5.49. The lowest BCUT2D eigenvalue weighted by molar-refractivity contribution is 0.0457. The summed E-state index contributed by atoms with van der Waals surface area (Å²) in [6, 6.07) is 7.62. The van der Waals surface area contributed by atoms with Crippen molar-refractivity contribution in [1.82, 2.24) is 24.6 Å². The van der Waals surface area contributed by atoms with Gasteiger partial charge in [-0.1, -0.05) is 12.1 Å². The quantitative estimate of drug-likeness (QED) is 0.873. The van der Waals surface area contributed by atoms with Crippen LogP contribution in [0.1, 0.15) is 12.8 Å². The largest absolute Gasteiger partial charge is 0.381 e. The van der Waals surface area contributed by atoms with Gasteiger partial charge in [0.05, 0.1) is 0 Å². The zero-order valence-electron chi connectivity index (χ0n) is 16.4. The van der Waals surface area contributed by atoms with E-state index in [0.717, 1.165) is 75.9 Å². The molecule has 0 radical (unpaired) electrons. The molecule has 1 aromatic heterocycles. The van der Waals surface area contributed by atoms with Crippen molar-refractivity contribution < 1.29 is 9.53 Å². The highest BCUT2D eigenvalue weighted by Gasteiger charge is 2.24. The van der Waals surface area contributed by atoms with E-state index in [2.05, 4.69) is 20.3 Å². The van der Waals surface area contributed by atoms with Crippen molar-refractivity contribution in [1.29, 1.82) is 0 Å². The van der Waals surface area contributed by atoms with Crippen LogP contribution in [-0.2, 0) is 11.8 Å². The van der Waals surface area contributed by atoms with Crippen LogP contribution in [0.4, 0.5) is 10.5 Å². The van der Waals surface area contributed by atoms with Crippen LogP contribution in [0.25, 0.3) is 11.4 Å². The van der Waals surface area contributed by atoms with E-state index in [4.69, 9.17) is 4.74 Å². The van der Waals surface area contributed by atoms with Crippen LogP contribution in [-0.4, -0.2) is 76.5 Å². The lowest BCUT2D eigenvalue weighted by atomic mass is 9.99. The van der Waals surface area contributed by atoms with Crippen LogP contribution < -0.4 is 5.32 Å². The lowest BCUT2D eigenvalue weighted by Crippen LogP contribution is -2.51. The Kier molecular flexibility index (Phi) is 5.87. The first-order chi connectivity index (χ1) is 13.7. The number of amides is 2. The predicted octanol–water partition coefficient (Wildman–Crippen LogP) is 2.06. The van der Waals surface area contributed by atoms with Gasteiger partial charge in [-0.05, 0) is 30.9 Å². The van der Waals surface area contributed by atoms with Gasteiger partial charge in [0.25, 0.3) is 0 Å². The Morgan fingerprint density at radius 2 is 2.00 bits per heavy atom. The van der Waals surface area contributed by atoms with Gasteiger partial charge >= 0.3 is 6.03 Å². The zero-order chi connectivity index (χ0) is 19.3. The molecule has 4 rings (SSSR count). The van der Waals surface area contributed by atoms with E-state index in [0.29, 0.717) is 5.82 Å². The average Bonchev–Trinajstić information content (AvgIpc) is 3.16. The van der Waals surface area contributed by atoms with Gasteiger partial charge in [-0.3, -0.25) is 9.58 Å². The number of benzene rings is 1. The summed E-state index contributed by atoms with van der Waals surface area (Å²) in [6.45, 7) is 6.29. The maximum Gasteiger partial charge on any atom is 0.321 e. The fourth-order valence-electron chi connectivity index (χ4n) is 3.84. The molecule has 0 bridgehead atoms. The van der Waals surface area contributed by atoms with Crippen molar-refractivity contribution in [2.24, 2.45) is 13.0 Å². The molecule has 2 aliphatic rings. The molecule has 0 unspecified atom stereocenters. The number of hydrogen-bond donors (Lipinski definition) is 1. The number of urea groups is 1. The summed E-state index contributed by atoms with van der Waals surface area (Å²) >= 11 is 0. The molecule has 0 aliphatic carbocycles. The SMILES string of the molecule is Cn1cnc(-c2cccc(NC(=O)N3CCN(CC4CCOCC4)CC3)c2)n1. The summed E-state index contributed by atoms with van der Waals surface area (Å²) in [4.78, 5) is 21.3. The number of carbonyl (C=O) groups is 1. The van der Waals surface area contributed by atoms with Crippen molar-refractivity contribution in [2.45, 2.75) is 12.8 Å². The Labute approximate surface area is 165 Å². The van der Waals surface area contributed by atoms with E-state index < -0.39 is 0 Å². The number of nitrogens with zero attached hydrogens (tertiary/aromatic N) is 5. The maximum absolute atomic E-state index is 12.7. The van der Waals surface area contributed by atoms with Gasteiger partial charge in [-0.2, -0.15) is 5.10 Å². The standard InChI is InChI=1S/C20H28N6O2/c1-24-15-21-19(23-24)17-3-2-4-18(13-17)22-20(27)26-9-7-25(8-10-26)14-16-5-11-28-12-6-16/h2-4,13,15-16H,5-12,14H2,1H3,(H,22,27). The molecule has 0 spiro atoms. The van der Waals surface area contributed by atoms with E-state index in [1.165, 1.54) is 0 Å². The predicted molar refractivity (Wildman–Crippen MR) is 107 cm³/mol. The van der Waals surface area contributed by atoms with Crippen LogP contribution in [0, 0.1) is 5.92 Å². The molecule has 8 heteroatoms. The van der Waals surface area contributed by atoms with E-state index >= 15 is 0 Å². The number of rotatable bonds is 4. The third kappa shape index (κ3) is 4.69. The van der Waals surface area contributed by atoms with Crippen LogP contribution >= 0.6 is 0 Å². The molecule has 3 heterocycles. The monoisotopic (exact) mass is 384 g/mol. The van der Waals surface area contributed by atoms with Gasteiger partial charge in [0.15, 0.2) is 5.82 Å². The highest BCUT2D eigenvalue weighted by Crippen LogP contribution is 2.20. The fraction of sp³-hybridized carbons (Fsp3) is 0.550. The average molecular weight is 384 g/mol. The summed E-state index contributed by atoms with van der Waals surface area (Å²) in [5.41, 5.74) is 1.65. The zero-order valence-corrected chi connectivity index (χ0v) is 16.4. The summed E-state index contributed by atoms with van der Waals surface area (Å²) in [5.74, 6) is 1.39. The number of piperazine rings is 1. The highest BCUT2D eigenvalue weighted by atomic mass is 16.5. The number of aryl methyl sites for hydroxylation is 1. The van der Waals surface area contributed by atoms with Gasteiger partial charge < -0.3 is 15.0 Å². The van der Waals surface area contributed by atoms with Crippen molar-refractivity contribution in [3.8, 4) is 11.4 Å². The molecule has 2 fully saturated rings. The Morgan fingerprint density at radius 1 is 1.21 bits per heavy atom. The summed E-state index contributed by atoms with van der Waals surface area (Å²) in [5, 5.41) is 7.33. The molecule has 8 nitrogen and oxygen atoms in total. The van der Waals surface area contributed by atoms with E-state index in [1.807, 2.05) is 36.2 Å². The molecule has 2 saturated heterocycles. The number of nitrogens with one attached hydrogen (secondary N) is 1. The Bertz CT molecular complexity index is 793. The van der Waals surface area contributed by atoms with Gasteiger partial charge in [0.2, 0.25) is 0 Å². The third-order valence-corrected chi connectivity index (χ3v) is 5.49. The van der Waals surface area contributed by atoms with E-state index in [-0.39, 0.29) is 6.03 Å². The second-order valence-electron chi connectivity index (χ2n) is 7.60. The normalized spacial score (nSPS) is 19.0. The summed E-state index contributed by atoms with van der Waals surface area (Å²) in [7, 11) is 1.84. The highest BCUT2D eigenvalue weighted by molar-refractivity contribution is 5.90. The van der Waals surface area contributed by atoms with Gasteiger partial charge in [-0.15, -0.1) is 0 Å².